The van der Waals surface area contributed by atoms with Gasteiger partial charge in [-0.25, -0.2) is 18.6 Å². The Bertz CT molecular complexity index is 1550. The van der Waals surface area contributed by atoms with Crippen LogP contribution in [0.1, 0.15) is 5.56 Å². The fourth-order valence-electron chi connectivity index (χ4n) is 3.57. The molecular formula is C28H21F2N5O2. The van der Waals surface area contributed by atoms with Crippen molar-refractivity contribution in [3.05, 3.63) is 114 Å². The first kappa shape index (κ1) is 23.7. The molecule has 3 N–H and O–H groups in total. The summed E-state index contributed by atoms with van der Waals surface area (Å²) in [6.07, 6.45) is 1.45. The van der Waals surface area contributed by atoms with E-state index in [1.165, 1.54) is 6.20 Å². The highest BCUT2D eigenvalue weighted by molar-refractivity contribution is 5.99. The normalized spacial score (nSPS) is 10.6. The van der Waals surface area contributed by atoms with Crippen molar-refractivity contribution in [2.24, 2.45) is 0 Å². The topological polar surface area (TPSA) is 88.2 Å². The zero-order valence-electron chi connectivity index (χ0n) is 19.4. The molecule has 0 aliphatic rings. The van der Waals surface area contributed by atoms with E-state index in [4.69, 9.17) is 4.74 Å². The summed E-state index contributed by atoms with van der Waals surface area (Å²) >= 11 is 0. The Balaban J connectivity index is 1.16. The van der Waals surface area contributed by atoms with Gasteiger partial charge in [-0.15, -0.1) is 0 Å². The first-order chi connectivity index (χ1) is 18.0. The third-order valence-corrected chi connectivity index (χ3v) is 5.33. The number of nitrogens with one attached hydrogen (secondary N) is 3. The summed E-state index contributed by atoms with van der Waals surface area (Å²) < 4.78 is 32.6. The minimum absolute atomic E-state index is 0.246. The molecular weight excluding hydrogens is 476 g/mol. The minimum Gasteiger partial charge on any atom is -0.457 e. The van der Waals surface area contributed by atoms with E-state index in [1.54, 1.807) is 30.3 Å². The van der Waals surface area contributed by atoms with Gasteiger partial charge < -0.3 is 20.7 Å². The molecule has 5 aromatic rings. The Hall–Kier alpha value is -5.05. The zero-order valence-corrected chi connectivity index (χ0v) is 19.4. The second-order valence-electron chi connectivity index (χ2n) is 8.08. The molecule has 0 aliphatic carbocycles. The van der Waals surface area contributed by atoms with Crippen LogP contribution in [-0.4, -0.2) is 16.0 Å². The molecule has 1 aromatic heterocycles. The molecule has 0 radical (unpaired) electrons. The number of hydrogen-bond donors (Lipinski definition) is 3. The predicted molar refractivity (Wildman–Crippen MR) is 139 cm³/mol. The Morgan fingerprint density at radius 2 is 1.46 bits per heavy atom. The van der Waals surface area contributed by atoms with Crippen LogP contribution >= 0.6 is 0 Å². The Morgan fingerprint density at radius 3 is 2.24 bits per heavy atom. The number of urea groups is 1. The van der Waals surface area contributed by atoms with Crippen molar-refractivity contribution >= 4 is 34.3 Å². The molecule has 4 aromatic carbocycles. The van der Waals surface area contributed by atoms with Gasteiger partial charge >= 0.3 is 6.03 Å². The maximum absolute atomic E-state index is 13.5. The molecule has 37 heavy (non-hydrogen) atoms. The fraction of sp³-hybridized carbons (Fsp3) is 0.0357. The van der Waals surface area contributed by atoms with Gasteiger partial charge in [0.2, 0.25) is 0 Å². The van der Waals surface area contributed by atoms with E-state index < -0.39 is 17.7 Å². The van der Waals surface area contributed by atoms with Gasteiger partial charge in [-0.1, -0.05) is 30.3 Å². The van der Waals surface area contributed by atoms with Gasteiger partial charge in [0.25, 0.3) is 0 Å². The molecule has 0 aliphatic heterocycles. The molecule has 9 heteroatoms. The van der Waals surface area contributed by atoms with Crippen molar-refractivity contribution in [2.45, 2.75) is 6.54 Å². The number of rotatable bonds is 7. The maximum atomic E-state index is 13.5. The van der Waals surface area contributed by atoms with Crippen LogP contribution in [0.25, 0.3) is 11.0 Å². The number of carbonyl (C=O) groups excluding carboxylic acids is 1. The fourth-order valence-corrected chi connectivity index (χ4v) is 3.57. The zero-order chi connectivity index (χ0) is 25.6. The van der Waals surface area contributed by atoms with Crippen LogP contribution in [0, 0.1) is 11.6 Å². The largest absolute Gasteiger partial charge is 0.457 e. The van der Waals surface area contributed by atoms with Crippen molar-refractivity contribution in [2.75, 3.05) is 16.0 Å². The quantitative estimate of drug-likeness (QED) is 0.226. The third kappa shape index (κ3) is 6.15. The molecule has 1 heterocycles. The number of aromatic nitrogens is 2. The van der Waals surface area contributed by atoms with Crippen molar-refractivity contribution < 1.29 is 18.3 Å². The number of halogens is 2. The van der Waals surface area contributed by atoms with E-state index in [9.17, 15) is 13.6 Å². The number of benzene rings is 4. The average Bonchev–Trinajstić information content (AvgIpc) is 2.90. The van der Waals surface area contributed by atoms with Crippen molar-refractivity contribution in [3.8, 4) is 11.5 Å². The van der Waals surface area contributed by atoms with E-state index in [0.717, 1.165) is 23.4 Å². The van der Waals surface area contributed by atoms with Crippen LogP contribution < -0.4 is 20.7 Å². The number of amides is 2. The van der Waals surface area contributed by atoms with Crippen LogP contribution in [0.4, 0.5) is 30.8 Å². The van der Waals surface area contributed by atoms with Gasteiger partial charge in [0.15, 0.2) is 11.6 Å². The number of fused-ring (bicyclic) bond motifs is 1. The van der Waals surface area contributed by atoms with Gasteiger partial charge in [-0.2, -0.15) is 0 Å². The second-order valence-corrected chi connectivity index (χ2v) is 8.08. The first-order valence-electron chi connectivity index (χ1n) is 11.4. The average molecular weight is 498 g/mol. The van der Waals surface area contributed by atoms with Crippen molar-refractivity contribution in [1.29, 1.82) is 0 Å². The van der Waals surface area contributed by atoms with Crippen molar-refractivity contribution in [3.63, 3.8) is 0 Å². The smallest absolute Gasteiger partial charge is 0.323 e. The first-order valence-corrected chi connectivity index (χ1v) is 11.4. The van der Waals surface area contributed by atoms with Gasteiger partial charge in [-0.05, 0) is 54.1 Å². The molecule has 0 bridgehead atoms. The molecule has 7 nitrogen and oxygen atoms in total. The minimum atomic E-state index is -0.979. The number of ether oxygens (including phenoxy) is 1. The molecule has 5 rings (SSSR count). The molecule has 0 fully saturated rings. The molecule has 0 spiro atoms. The highest BCUT2D eigenvalue weighted by atomic mass is 19.2. The number of anilines is 3. The highest BCUT2D eigenvalue weighted by Crippen LogP contribution is 2.23. The lowest BCUT2D eigenvalue weighted by atomic mass is 10.2. The van der Waals surface area contributed by atoms with E-state index in [-0.39, 0.29) is 11.0 Å². The SMILES string of the molecule is O=C(Nc1ccc(Oc2ccccc2)cc1)Nc1cccc(CNc2cnc3cc(F)c(F)cc3n2)c1. The Morgan fingerprint density at radius 1 is 0.757 bits per heavy atom. The van der Waals surface area contributed by atoms with Gasteiger partial charge in [0, 0.05) is 30.1 Å². The highest BCUT2D eigenvalue weighted by Gasteiger charge is 2.08. The number of nitrogens with zero attached hydrogens (tertiary/aromatic N) is 2. The Labute approximate surface area is 211 Å². The number of carbonyl (C=O) groups is 1. The summed E-state index contributed by atoms with van der Waals surface area (Å²) in [5, 5.41) is 8.69. The van der Waals surface area contributed by atoms with Crippen LogP contribution in [0.2, 0.25) is 0 Å². The molecule has 0 saturated carbocycles. The standard InChI is InChI=1S/C28H21F2N5O2/c29-23-14-25-26(15-24(23)30)35-27(17-31-25)32-16-18-5-4-6-20(13-18)34-28(36)33-19-9-11-22(12-10-19)37-21-7-2-1-3-8-21/h1-15,17H,16H2,(H,32,35)(H2,33,34,36). The lowest BCUT2D eigenvalue weighted by Crippen LogP contribution is -2.19. The lowest BCUT2D eigenvalue weighted by Gasteiger charge is -2.11. The van der Waals surface area contributed by atoms with E-state index in [0.29, 0.717) is 29.5 Å². The number of hydrogen-bond acceptors (Lipinski definition) is 5. The molecule has 0 saturated heterocycles. The predicted octanol–water partition coefficient (Wildman–Crippen LogP) is 6.96. The molecule has 0 unspecified atom stereocenters. The summed E-state index contributed by atoms with van der Waals surface area (Å²) in [6, 6.07) is 25.4. The van der Waals surface area contributed by atoms with Crippen LogP contribution in [0.15, 0.2) is 97.2 Å². The van der Waals surface area contributed by atoms with Crippen LogP contribution in [-0.2, 0) is 6.54 Å². The maximum Gasteiger partial charge on any atom is 0.323 e. The van der Waals surface area contributed by atoms with Crippen LogP contribution in [0.3, 0.4) is 0 Å². The van der Waals surface area contributed by atoms with Gasteiger partial charge in [0.05, 0.1) is 17.2 Å². The summed E-state index contributed by atoms with van der Waals surface area (Å²) in [7, 11) is 0. The van der Waals surface area contributed by atoms with E-state index in [2.05, 4.69) is 25.9 Å². The van der Waals surface area contributed by atoms with Gasteiger partial charge in [-0.3, -0.25) is 4.98 Å². The van der Waals surface area contributed by atoms with Gasteiger partial charge in [0.1, 0.15) is 17.3 Å². The van der Waals surface area contributed by atoms with Crippen LogP contribution in [0.5, 0.6) is 11.5 Å². The molecule has 2 amide bonds. The number of para-hydroxylation sites is 1. The van der Waals surface area contributed by atoms with E-state index in [1.807, 2.05) is 48.5 Å². The lowest BCUT2D eigenvalue weighted by molar-refractivity contribution is 0.262. The monoisotopic (exact) mass is 497 g/mol. The summed E-state index contributed by atoms with van der Waals surface area (Å²) in [6.45, 7) is 0.379. The summed E-state index contributed by atoms with van der Waals surface area (Å²) in [4.78, 5) is 20.9. The summed E-state index contributed by atoms with van der Waals surface area (Å²) in [5.74, 6) is -0.148. The Kier molecular flexibility index (Phi) is 6.84. The van der Waals surface area contributed by atoms with E-state index >= 15 is 0 Å². The third-order valence-electron chi connectivity index (χ3n) is 5.33. The summed E-state index contributed by atoms with van der Waals surface area (Å²) in [5.41, 5.74) is 2.59. The molecule has 184 valence electrons. The molecule has 0 atom stereocenters. The second kappa shape index (κ2) is 10.7. The van der Waals surface area contributed by atoms with Crippen molar-refractivity contribution in [1.82, 2.24) is 9.97 Å².